The highest BCUT2D eigenvalue weighted by Crippen LogP contribution is 2.40. The van der Waals surface area contributed by atoms with Crippen LogP contribution in [0.2, 0.25) is 0 Å². The van der Waals surface area contributed by atoms with Crippen LogP contribution >= 0.6 is 0 Å². The van der Waals surface area contributed by atoms with Crippen LogP contribution in [0.5, 0.6) is 5.75 Å². The molecule has 2 aliphatic rings. The molecule has 1 heterocycles. The van der Waals surface area contributed by atoms with E-state index in [0.29, 0.717) is 35.2 Å². The number of aromatic nitrogens is 2. The lowest BCUT2D eigenvalue weighted by atomic mass is 10.2. The Morgan fingerprint density at radius 1 is 1.20 bits per heavy atom. The van der Waals surface area contributed by atoms with Crippen LogP contribution in [0.1, 0.15) is 37.3 Å². The fourth-order valence-electron chi connectivity index (χ4n) is 2.63. The number of rotatable bonds is 7. The van der Waals surface area contributed by atoms with Crippen LogP contribution in [0.25, 0.3) is 0 Å². The molecule has 2 N–H and O–H groups in total. The first-order chi connectivity index (χ1) is 12.1. The Hall–Kier alpha value is -2.90. The standard InChI is InChI=1S/C17H19N5O3/c1-25-12-6-7-13(15(8-12)22(23)24)19-16-9-14(10-2-3-10)20-17(21-16)18-11-4-5-11/h6-11H,2-5H2,1H3,(H2,18,19,20,21). The summed E-state index contributed by atoms with van der Waals surface area (Å²) in [5.74, 6) is 2.06. The van der Waals surface area contributed by atoms with E-state index in [2.05, 4.69) is 20.6 Å². The average Bonchev–Trinajstić information content (AvgIpc) is 3.48. The van der Waals surface area contributed by atoms with Crippen molar-refractivity contribution in [1.29, 1.82) is 0 Å². The molecule has 1 aromatic heterocycles. The fraction of sp³-hybridized carbons (Fsp3) is 0.412. The van der Waals surface area contributed by atoms with Crippen molar-refractivity contribution in [3.05, 3.63) is 40.1 Å². The number of nitro groups is 1. The molecule has 0 spiro atoms. The molecular formula is C17H19N5O3. The maximum absolute atomic E-state index is 11.4. The molecule has 0 aliphatic heterocycles. The van der Waals surface area contributed by atoms with E-state index in [9.17, 15) is 10.1 Å². The van der Waals surface area contributed by atoms with E-state index in [-0.39, 0.29) is 5.69 Å². The van der Waals surface area contributed by atoms with Crippen LogP contribution in [-0.2, 0) is 0 Å². The van der Waals surface area contributed by atoms with Crippen molar-refractivity contribution in [1.82, 2.24) is 9.97 Å². The Morgan fingerprint density at radius 2 is 2.00 bits per heavy atom. The summed E-state index contributed by atoms with van der Waals surface area (Å²) in [7, 11) is 1.48. The molecule has 0 atom stereocenters. The minimum absolute atomic E-state index is 0.0531. The van der Waals surface area contributed by atoms with E-state index < -0.39 is 4.92 Å². The third kappa shape index (κ3) is 3.62. The van der Waals surface area contributed by atoms with Gasteiger partial charge >= 0.3 is 0 Å². The van der Waals surface area contributed by atoms with Gasteiger partial charge in [0.2, 0.25) is 5.95 Å². The SMILES string of the molecule is COc1ccc(Nc2cc(C3CC3)nc(NC3CC3)n2)c([N+](=O)[O-])c1. The largest absolute Gasteiger partial charge is 0.496 e. The van der Waals surface area contributed by atoms with Crippen molar-refractivity contribution in [3.8, 4) is 5.75 Å². The second-order valence-electron chi connectivity index (χ2n) is 6.46. The van der Waals surface area contributed by atoms with Gasteiger partial charge in [0.1, 0.15) is 17.3 Å². The molecule has 2 fully saturated rings. The predicted octanol–water partition coefficient (Wildman–Crippen LogP) is 3.59. The third-order valence-electron chi connectivity index (χ3n) is 4.32. The summed E-state index contributed by atoms with van der Waals surface area (Å²) in [5.41, 5.74) is 1.31. The van der Waals surface area contributed by atoms with Gasteiger partial charge in [0.25, 0.3) is 5.69 Å². The summed E-state index contributed by atoms with van der Waals surface area (Å²) in [6.07, 6.45) is 4.51. The molecule has 1 aromatic carbocycles. The van der Waals surface area contributed by atoms with Crippen molar-refractivity contribution >= 4 is 23.1 Å². The number of benzene rings is 1. The molecular weight excluding hydrogens is 322 g/mol. The molecule has 0 amide bonds. The number of methoxy groups -OCH3 is 1. The molecule has 2 aliphatic carbocycles. The maximum atomic E-state index is 11.4. The minimum atomic E-state index is -0.433. The van der Waals surface area contributed by atoms with Crippen LogP contribution in [0.15, 0.2) is 24.3 Å². The van der Waals surface area contributed by atoms with E-state index in [0.717, 1.165) is 31.4 Å². The molecule has 2 saturated carbocycles. The molecule has 0 unspecified atom stereocenters. The Labute approximate surface area is 144 Å². The molecule has 130 valence electrons. The van der Waals surface area contributed by atoms with Crippen LogP contribution in [0.4, 0.5) is 23.1 Å². The van der Waals surface area contributed by atoms with E-state index in [1.165, 1.54) is 13.2 Å². The Balaban J connectivity index is 1.65. The molecule has 0 saturated heterocycles. The molecule has 0 bridgehead atoms. The zero-order chi connectivity index (χ0) is 17.4. The smallest absolute Gasteiger partial charge is 0.296 e. The number of ether oxygens (including phenoxy) is 1. The van der Waals surface area contributed by atoms with Crippen molar-refractivity contribution in [3.63, 3.8) is 0 Å². The summed E-state index contributed by atoms with van der Waals surface area (Å²) in [6.45, 7) is 0. The summed E-state index contributed by atoms with van der Waals surface area (Å²) >= 11 is 0. The number of anilines is 3. The average molecular weight is 341 g/mol. The number of nitrogens with one attached hydrogen (secondary N) is 2. The number of nitro benzene ring substituents is 1. The summed E-state index contributed by atoms with van der Waals surface area (Å²) in [6, 6.07) is 7.03. The van der Waals surface area contributed by atoms with E-state index in [1.807, 2.05) is 6.07 Å². The lowest BCUT2D eigenvalue weighted by molar-refractivity contribution is -0.384. The molecule has 25 heavy (non-hydrogen) atoms. The van der Waals surface area contributed by atoms with Gasteiger partial charge in [0.15, 0.2) is 0 Å². The van der Waals surface area contributed by atoms with Crippen molar-refractivity contribution in [2.75, 3.05) is 17.7 Å². The quantitative estimate of drug-likeness (QED) is 0.586. The lowest BCUT2D eigenvalue weighted by Crippen LogP contribution is -2.09. The van der Waals surface area contributed by atoms with Crippen LogP contribution in [0.3, 0.4) is 0 Å². The Morgan fingerprint density at radius 3 is 2.64 bits per heavy atom. The van der Waals surface area contributed by atoms with E-state index >= 15 is 0 Å². The molecule has 0 radical (unpaired) electrons. The van der Waals surface area contributed by atoms with Crippen molar-refractivity contribution in [2.24, 2.45) is 0 Å². The summed E-state index contributed by atoms with van der Waals surface area (Å²) < 4.78 is 5.07. The third-order valence-corrected chi connectivity index (χ3v) is 4.32. The van der Waals surface area contributed by atoms with Gasteiger partial charge in [-0.15, -0.1) is 0 Å². The molecule has 8 heteroatoms. The molecule has 2 aromatic rings. The maximum Gasteiger partial charge on any atom is 0.296 e. The normalized spacial score (nSPS) is 16.4. The van der Waals surface area contributed by atoms with Crippen LogP contribution < -0.4 is 15.4 Å². The highest BCUT2D eigenvalue weighted by Gasteiger charge is 2.28. The molecule has 8 nitrogen and oxygen atoms in total. The van der Waals surface area contributed by atoms with Gasteiger partial charge in [0, 0.05) is 18.0 Å². The number of hydrogen-bond donors (Lipinski definition) is 2. The van der Waals surface area contributed by atoms with Gasteiger partial charge in [0.05, 0.1) is 23.8 Å². The highest BCUT2D eigenvalue weighted by molar-refractivity contribution is 5.70. The van der Waals surface area contributed by atoms with Gasteiger partial charge in [-0.1, -0.05) is 0 Å². The van der Waals surface area contributed by atoms with Gasteiger partial charge in [-0.25, -0.2) is 4.98 Å². The van der Waals surface area contributed by atoms with Crippen LogP contribution in [0, 0.1) is 10.1 Å². The summed E-state index contributed by atoms with van der Waals surface area (Å²) in [4.78, 5) is 20.0. The van der Waals surface area contributed by atoms with Gasteiger partial charge in [-0.3, -0.25) is 10.1 Å². The van der Waals surface area contributed by atoms with Crippen LogP contribution in [-0.4, -0.2) is 28.0 Å². The van der Waals surface area contributed by atoms with E-state index in [1.54, 1.807) is 12.1 Å². The van der Waals surface area contributed by atoms with Gasteiger partial charge in [-0.05, 0) is 37.8 Å². The van der Waals surface area contributed by atoms with E-state index in [4.69, 9.17) is 4.74 Å². The second-order valence-corrected chi connectivity index (χ2v) is 6.46. The highest BCUT2D eigenvalue weighted by atomic mass is 16.6. The fourth-order valence-corrected chi connectivity index (χ4v) is 2.63. The number of hydrogen-bond acceptors (Lipinski definition) is 7. The Kier molecular flexibility index (Phi) is 3.87. The number of nitrogens with zero attached hydrogens (tertiary/aromatic N) is 3. The second kappa shape index (κ2) is 6.19. The van der Waals surface area contributed by atoms with Crippen molar-refractivity contribution < 1.29 is 9.66 Å². The Bertz CT molecular complexity index is 818. The first-order valence-corrected chi connectivity index (χ1v) is 8.37. The topological polar surface area (TPSA) is 102 Å². The van der Waals surface area contributed by atoms with Crippen molar-refractivity contribution in [2.45, 2.75) is 37.6 Å². The van der Waals surface area contributed by atoms with Gasteiger partial charge in [-0.2, -0.15) is 4.98 Å². The zero-order valence-corrected chi connectivity index (χ0v) is 13.9. The first kappa shape index (κ1) is 15.6. The first-order valence-electron chi connectivity index (χ1n) is 8.37. The molecule has 4 rings (SSSR count). The zero-order valence-electron chi connectivity index (χ0n) is 13.9. The monoisotopic (exact) mass is 341 g/mol. The summed E-state index contributed by atoms with van der Waals surface area (Å²) in [5, 5.41) is 17.7. The van der Waals surface area contributed by atoms with Gasteiger partial charge < -0.3 is 15.4 Å². The minimum Gasteiger partial charge on any atom is -0.496 e. The predicted molar refractivity (Wildman–Crippen MR) is 93.6 cm³/mol. The lowest BCUT2D eigenvalue weighted by Gasteiger charge is -2.11.